The lowest BCUT2D eigenvalue weighted by Crippen LogP contribution is -2.16. The van der Waals surface area contributed by atoms with Crippen LogP contribution >= 0.6 is 0 Å². The Labute approximate surface area is 127 Å². The van der Waals surface area contributed by atoms with E-state index in [1.54, 1.807) is 18.2 Å². The van der Waals surface area contributed by atoms with Gasteiger partial charge in [0, 0.05) is 6.42 Å². The summed E-state index contributed by atoms with van der Waals surface area (Å²) in [6.45, 7) is 0.524. The van der Waals surface area contributed by atoms with E-state index in [2.05, 4.69) is 4.42 Å². The van der Waals surface area contributed by atoms with Crippen LogP contribution in [0, 0.1) is 0 Å². The molecule has 3 aromatic rings. The SMILES string of the molecule is O=C1OCCc2ccccc21.O=c1occc2ccccc12. The first-order chi connectivity index (χ1) is 10.8. The minimum Gasteiger partial charge on any atom is -0.462 e. The summed E-state index contributed by atoms with van der Waals surface area (Å²) in [5.74, 6) is -0.188. The number of hydrogen-bond acceptors (Lipinski definition) is 4. The molecule has 2 aromatic carbocycles. The fourth-order valence-electron chi connectivity index (χ4n) is 2.33. The predicted molar refractivity (Wildman–Crippen MR) is 82.9 cm³/mol. The van der Waals surface area contributed by atoms with Crippen LogP contribution in [0.25, 0.3) is 10.8 Å². The van der Waals surface area contributed by atoms with Crippen LogP contribution in [0.5, 0.6) is 0 Å². The molecule has 4 rings (SSSR count). The lowest BCUT2D eigenvalue weighted by atomic mass is 10.0. The number of ether oxygens (including phenoxy) is 1. The Hall–Kier alpha value is -2.88. The van der Waals surface area contributed by atoms with E-state index in [0.717, 1.165) is 22.9 Å². The molecule has 1 aliphatic heterocycles. The van der Waals surface area contributed by atoms with E-state index in [-0.39, 0.29) is 11.6 Å². The van der Waals surface area contributed by atoms with E-state index in [1.807, 2.05) is 36.4 Å². The van der Waals surface area contributed by atoms with Crippen molar-refractivity contribution in [2.45, 2.75) is 6.42 Å². The molecule has 4 heteroatoms. The van der Waals surface area contributed by atoms with Crippen LogP contribution < -0.4 is 5.63 Å². The number of rotatable bonds is 0. The average Bonchev–Trinajstić information content (AvgIpc) is 2.57. The molecular weight excluding hydrogens is 280 g/mol. The van der Waals surface area contributed by atoms with Crippen LogP contribution in [-0.4, -0.2) is 12.6 Å². The van der Waals surface area contributed by atoms with Gasteiger partial charge in [-0.1, -0.05) is 36.4 Å². The summed E-state index contributed by atoms with van der Waals surface area (Å²) < 4.78 is 9.55. The molecule has 0 spiro atoms. The van der Waals surface area contributed by atoms with Crippen molar-refractivity contribution in [3.05, 3.63) is 82.4 Å². The van der Waals surface area contributed by atoms with Crippen LogP contribution in [-0.2, 0) is 11.2 Å². The summed E-state index contributed by atoms with van der Waals surface area (Å²) in [5.41, 5.74) is 1.55. The van der Waals surface area contributed by atoms with Crippen LogP contribution in [0.3, 0.4) is 0 Å². The summed E-state index contributed by atoms with van der Waals surface area (Å²) in [6, 6.07) is 16.7. The normalized spacial score (nSPS) is 12.8. The van der Waals surface area contributed by atoms with Gasteiger partial charge in [0.25, 0.3) is 0 Å². The molecule has 110 valence electrons. The number of fused-ring (bicyclic) bond motifs is 2. The summed E-state index contributed by atoms with van der Waals surface area (Å²) in [6.07, 6.45) is 2.26. The van der Waals surface area contributed by atoms with E-state index in [0.29, 0.717) is 12.0 Å². The second-order valence-electron chi connectivity index (χ2n) is 4.84. The third-order valence-corrected chi connectivity index (χ3v) is 3.45. The molecule has 1 aromatic heterocycles. The van der Waals surface area contributed by atoms with Gasteiger partial charge in [-0.05, 0) is 29.1 Å². The Morgan fingerprint density at radius 2 is 1.64 bits per heavy atom. The summed E-state index contributed by atoms with van der Waals surface area (Å²) in [5, 5.41) is 1.55. The van der Waals surface area contributed by atoms with Crippen molar-refractivity contribution in [3.8, 4) is 0 Å². The molecular formula is C18H14O4. The van der Waals surface area contributed by atoms with Crippen LogP contribution in [0.4, 0.5) is 0 Å². The fourth-order valence-corrected chi connectivity index (χ4v) is 2.33. The molecule has 2 heterocycles. The molecule has 0 atom stereocenters. The van der Waals surface area contributed by atoms with E-state index >= 15 is 0 Å². The first kappa shape index (κ1) is 14.1. The Bertz CT molecular complexity index is 859. The molecule has 0 N–H and O–H groups in total. The molecule has 1 aliphatic rings. The smallest absolute Gasteiger partial charge is 0.343 e. The quantitative estimate of drug-likeness (QED) is 0.597. The number of benzene rings is 2. The number of carbonyl (C=O) groups excluding carboxylic acids is 1. The van der Waals surface area contributed by atoms with Crippen molar-refractivity contribution in [2.24, 2.45) is 0 Å². The lowest BCUT2D eigenvalue weighted by Gasteiger charge is -2.14. The van der Waals surface area contributed by atoms with Crippen LogP contribution in [0.1, 0.15) is 15.9 Å². The van der Waals surface area contributed by atoms with Crippen molar-refractivity contribution < 1.29 is 13.9 Å². The second-order valence-corrected chi connectivity index (χ2v) is 4.84. The van der Waals surface area contributed by atoms with Crippen molar-refractivity contribution in [3.63, 3.8) is 0 Å². The largest absolute Gasteiger partial charge is 0.462 e. The van der Waals surface area contributed by atoms with Crippen molar-refractivity contribution in [1.29, 1.82) is 0 Å². The summed E-state index contributed by atoms with van der Waals surface area (Å²) in [7, 11) is 0. The Kier molecular flexibility index (Phi) is 4.01. The topological polar surface area (TPSA) is 56.5 Å². The third-order valence-electron chi connectivity index (χ3n) is 3.45. The molecule has 22 heavy (non-hydrogen) atoms. The van der Waals surface area contributed by atoms with Crippen molar-refractivity contribution >= 4 is 16.7 Å². The summed E-state index contributed by atoms with van der Waals surface area (Å²) in [4.78, 5) is 22.1. The Balaban J connectivity index is 0.000000131. The molecule has 0 saturated carbocycles. The van der Waals surface area contributed by atoms with Crippen LogP contribution in [0.15, 0.2) is 70.1 Å². The number of carbonyl (C=O) groups is 1. The van der Waals surface area contributed by atoms with Gasteiger partial charge in [-0.2, -0.15) is 0 Å². The van der Waals surface area contributed by atoms with Gasteiger partial charge in [-0.15, -0.1) is 0 Å². The maximum atomic E-state index is 11.1. The highest BCUT2D eigenvalue weighted by Crippen LogP contribution is 2.15. The van der Waals surface area contributed by atoms with Crippen molar-refractivity contribution in [2.75, 3.05) is 6.61 Å². The maximum Gasteiger partial charge on any atom is 0.343 e. The lowest BCUT2D eigenvalue weighted by molar-refractivity contribution is 0.0480. The van der Waals surface area contributed by atoms with Gasteiger partial charge in [0.2, 0.25) is 0 Å². The Morgan fingerprint density at radius 1 is 0.864 bits per heavy atom. The minimum atomic E-state index is -0.275. The van der Waals surface area contributed by atoms with Gasteiger partial charge in [0.15, 0.2) is 0 Å². The van der Waals surface area contributed by atoms with E-state index in [1.165, 1.54) is 6.26 Å². The van der Waals surface area contributed by atoms with Gasteiger partial charge in [0.1, 0.15) is 0 Å². The predicted octanol–water partition coefficient (Wildman–Crippen LogP) is 3.19. The number of esters is 1. The molecule has 0 bridgehead atoms. The van der Waals surface area contributed by atoms with E-state index in [4.69, 9.17) is 4.74 Å². The monoisotopic (exact) mass is 294 g/mol. The fraction of sp³-hybridized carbons (Fsp3) is 0.111. The van der Waals surface area contributed by atoms with Gasteiger partial charge >= 0.3 is 11.6 Å². The average molecular weight is 294 g/mol. The molecule has 0 aliphatic carbocycles. The summed E-state index contributed by atoms with van der Waals surface area (Å²) >= 11 is 0. The maximum absolute atomic E-state index is 11.1. The molecule has 0 radical (unpaired) electrons. The van der Waals surface area contributed by atoms with Gasteiger partial charge < -0.3 is 9.15 Å². The second kappa shape index (κ2) is 6.26. The number of hydrogen-bond donors (Lipinski definition) is 0. The molecule has 0 unspecified atom stereocenters. The molecule has 0 saturated heterocycles. The highest BCUT2D eigenvalue weighted by atomic mass is 16.5. The van der Waals surface area contributed by atoms with E-state index in [9.17, 15) is 9.59 Å². The van der Waals surface area contributed by atoms with Gasteiger partial charge in [-0.3, -0.25) is 0 Å². The van der Waals surface area contributed by atoms with Crippen LogP contribution in [0.2, 0.25) is 0 Å². The minimum absolute atomic E-state index is 0.188. The third kappa shape index (κ3) is 2.91. The highest BCUT2D eigenvalue weighted by molar-refractivity contribution is 5.91. The molecule has 4 nitrogen and oxygen atoms in total. The zero-order valence-corrected chi connectivity index (χ0v) is 11.8. The highest BCUT2D eigenvalue weighted by Gasteiger charge is 2.16. The number of cyclic esters (lactones) is 1. The first-order valence-corrected chi connectivity index (χ1v) is 6.97. The zero-order valence-electron chi connectivity index (χ0n) is 11.8. The molecule has 0 fully saturated rings. The first-order valence-electron chi connectivity index (χ1n) is 6.97. The Morgan fingerprint density at radius 3 is 2.45 bits per heavy atom. The van der Waals surface area contributed by atoms with E-state index < -0.39 is 0 Å². The van der Waals surface area contributed by atoms with Gasteiger partial charge in [0.05, 0.1) is 23.8 Å². The standard InChI is InChI=1S/C9H8O2.C9H6O2/c2*10-9-8-4-2-1-3-7(8)5-6-11-9/h1-4H,5-6H2;1-6H. The van der Waals surface area contributed by atoms with Crippen molar-refractivity contribution in [1.82, 2.24) is 0 Å². The zero-order chi connectivity index (χ0) is 15.4. The van der Waals surface area contributed by atoms with Gasteiger partial charge in [-0.25, -0.2) is 9.59 Å². The molecule has 0 amide bonds.